The summed E-state index contributed by atoms with van der Waals surface area (Å²) in [7, 11) is 0. The third-order valence-electron chi connectivity index (χ3n) is 2.18. The minimum atomic E-state index is -2.02. The van der Waals surface area contributed by atoms with Crippen LogP contribution in [0, 0.1) is 5.82 Å². The Kier molecular flexibility index (Phi) is 4.11. The van der Waals surface area contributed by atoms with Gasteiger partial charge in [-0.2, -0.15) is 0 Å². The van der Waals surface area contributed by atoms with E-state index in [-0.39, 0.29) is 5.56 Å². The van der Waals surface area contributed by atoms with Crippen molar-refractivity contribution in [2.75, 3.05) is 6.67 Å². The molecule has 3 N–H and O–H groups in total. The molecule has 15 heavy (non-hydrogen) atoms. The van der Waals surface area contributed by atoms with Gasteiger partial charge < -0.3 is 10.8 Å². The van der Waals surface area contributed by atoms with Gasteiger partial charge in [-0.3, -0.25) is 4.39 Å². The van der Waals surface area contributed by atoms with E-state index in [0.29, 0.717) is 0 Å². The van der Waals surface area contributed by atoms with Crippen molar-refractivity contribution < 1.29 is 18.3 Å². The standard InChI is InChI=1S/C10H12F3NO/c11-5-7(9(13)10(14)15)6-3-1-2-4-8(6)12/h1-4,7,9-10,15H,5,14H2/t7-,9-,10?/m1/s1. The molecule has 0 aliphatic heterocycles. The van der Waals surface area contributed by atoms with E-state index in [1.54, 1.807) is 0 Å². The summed E-state index contributed by atoms with van der Waals surface area (Å²) in [5, 5.41) is 8.79. The van der Waals surface area contributed by atoms with Crippen LogP contribution in [0.4, 0.5) is 13.2 Å². The van der Waals surface area contributed by atoms with Crippen molar-refractivity contribution in [1.82, 2.24) is 0 Å². The van der Waals surface area contributed by atoms with Crippen LogP contribution in [-0.2, 0) is 0 Å². The average Bonchev–Trinajstić information content (AvgIpc) is 2.21. The quantitative estimate of drug-likeness (QED) is 0.754. The minimum absolute atomic E-state index is 0.114. The molecule has 5 heteroatoms. The SMILES string of the molecule is NC(O)[C@H](F)[C@H](CF)c1ccccc1F. The van der Waals surface area contributed by atoms with Crippen LogP contribution in [0.15, 0.2) is 24.3 Å². The second kappa shape index (κ2) is 5.14. The zero-order valence-electron chi connectivity index (χ0n) is 7.91. The molecule has 0 fully saturated rings. The molecule has 0 radical (unpaired) electrons. The zero-order chi connectivity index (χ0) is 11.4. The summed E-state index contributed by atoms with van der Waals surface area (Å²) in [6, 6.07) is 5.26. The Bertz CT molecular complexity index is 319. The summed E-state index contributed by atoms with van der Waals surface area (Å²) in [6.07, 6.45) is -3.84. The number of hydrogen-bond donors (Lipinski definition) is 2. The van der Waals surface area contributed by atoms with Gasteiger partial charge in [0.15, 0.2) is 0 Å². The summed E-state index contributed by atoms with van der Waals surface area (Å²) < 4.78 is 39.0. The van der Waals surface area contributed by atoms with Crippen molar-refractivity contribution in [3.63, 3.8) is 0 Å². The average molecular weight is 219 g/mol. The zero-order valence-corrected chi connectivity index (χ0v) is 7.91. The van der Waals surface area contributed by atoms with Crippen molar-refractivity contribution >= 4 is 0 Å². The van der Waals surface area contributed by atoms with Gasteiger partial charge in [-0.15, -0.1) is 0 Å². The highest BCUT2D eigenvalue weighted by Gasteiger charge is 2.29. The molecule has 1 unspecified atom stereocenters. The van der Waals surface area contributed by atoms with E-state index in [1.165, 1.54) is 18.2 Å². The fourth-order valence-electron chi connectivity index (χ4n) is 1.35. The highest BCUT2D eigenvalue weighted by Crippen LogP contribution is 2.26. The molecule has 1 aromatic carbocycles. The van der Waals surface area contributed by atoms with Crippen LogP contribution in [0.2, 0.25) is 0 Å². The Morgan fingerprint density at radius 3 is 2.40 bits per heavy atom. The largest absolute Gasteiger partial charge is 0.376 e. The van der Waals surface area contributed by atoms with E-state index in [2.05, 4.69) is 0 Å². The number of halogens is 3. The van der Waals surface area contributed by atoms with E-state index in [4.69, 9.17) is 10.8 Å². The predicted molar refractivity (Wildman–Crippen MR) is 50.2 cm³/mol. The van der Waals surface area contributed by atoms with Gasteiger partial charge in [-0.05, 0) is 11.6 Å². The first-order valence-corrected chi connectivity index (χ1v) is 4.46. The molecule has 2 nitrogen and oxygen atoms in total. The fraction of sp³-hybridized carbons (Fsp3) is 0.400. The molecular formula is C10H12F3NO. The molecule has 0 saturated heterocycles. The predicted octanol–water partition coefficient (Wildman–Crippen LogP) is 1.49. The monoisotopic (exact) mass is 219 g/mol. The lowest BCUT2D eigenvalue weighted by atomic mass is 9.94. The van der Waals surface area contributed by atoms with Crippen molar-refractivity contribution in [3.8, 4) is 0 Å². The normalized spacial score (nSPS) is 17.1. The third kappa shape index (κ3) is 2.70. The van der Waals surface area contributed by atoms with E-state index in [9.17, 15) is 13.2 Å². The van der Waals surface area contributed by atoms with Crippen molar-refractivity contribution in [2.45, 2.75) is 18.3 Å². The summed E-state index contributed by atoms with van der Waals surface area (Å²) >= 11 is 0. The van der Waals surface area contributed by atoms with Crippen LogP contribution >= 0.6 is 0 Å². The van der Waals surface area contributed by atoms with Gasteiger partial charge in [0, 0.05) is 0 Å². The molecular weight excluding hydrogens is 207 g/mol. The summed E-state index contributed by atoms with van der Waals surface area (Å²) in [5.74, 6) is -2.07. The number of aliphatic hydroxyl groups excluding tert-OH is 1. The first-order valence-electron chi connectivity index (χ1n) is 4.46. The first kappa shape index (κ1) is 12.0. The van der Waals surface area contributed by atoms with Gasteiger partial charge in [0.1, 0.15) is 18.2 Å². The lowest BCUT2D eigenvalue weighted by Gasteiger charge is -2.20. The Morgan fingerprint density at radius 2 is 1.93 bits per heavy atom. The molecule has 0 saturated carbocycles. The molecule has 0 amide bonds. The molecule has 1 aromatic rings. The number of alkyl halides is 2. The minimum Gasteiger partial charge on any atom is -0.376 e. The Hall–Kier alpha value is -1.07. The van der Waals surface area contributed by atoms with Crippen LogP contribution in [0.3, 0.4) is 0 Å². The molecule has 1 rings (SSSR count). The van der Waals surface area contributed by atoms with Gasteiger partial charge in [-0.1, -0.05) is 18.2 Å². The maximum absolute atomic E-state index is 13.3. The number of rotatable bonds is 4. The number of hydrogen-bond acceptors (Lipinski definition) is 2. The molecule has 84 valence electrons. The van der Waals surface area contributed by atoms with Crippen molar-refractivity contribution in [3.05, 3.63) is 35.6 Å². The lowest BCUT2D eigenvalue weighted by Crippen LogP contribution is -2.36. The maximum atomic E-state index is 13.3. The molecule has 0 aromatic heterocycles. The highest BCUT2D eigenvalue weighted by atomic mass is 19.1. The van der Waals surface area contributed by atoms with Crippen molar-refractivity contribution in [2.24, 2.45) is 5.73 Å². The maximum Gasteiger partial charge on any atom is 0.148 e. The molecule has 0 aliphatic rings. The summed E-state index contributed by atoms with van der Waals surface area (Å²) in [6.45, 7) is -1.11. The van der Waals surface area contributed by atoms with Crippen LogP contribution < -0.4 is 5.73 Å². The van der Waals surface area contributed by atoms with E-state index in [1.807, 2.05) is 0 Å². The summed E-state index contributed by atoms with van der Waals surface area (Å²) in [5.41, 5.74) is 4.78. The van der Waals surface area contributed by atoms with Gasteiger partial charge in [0.2, 0.25) is 0 Å². The first-order chi connectivity index (χ1) is 7.07. The fourth-order valence-corrected chi connectivity index (χ4v) is 1.35. The number of aliphatic hydroxyl groups is 1. The van der Waals surface area contributed by atoms with Crippen LogP contribution in [0.5, 0.6) is 0 Å². The molecule has 0 heterocycles. The highest BCUT2D eigenvalue weighted by molar-refractivity contribution is 5.23. The summed E-state index contributed by atoms with van der Waals surface area (Å²) in [4.78, 5) is 0. The Morgan fingerprint density at radius 1 is 1.33 bits per heavy atom. The third-order valence-corrected chi connectivity index (χ3v) is 2.18. The Labute approximate surface area is 85.5 Å². The molecule has 3 atom stereocenters. The van der Waals surface area contributed by atoms with Gasteiger partial charge in [0.05, 0.1) is 12.6 Å². The molecule has 0 bridgehead atoms. The smallest absolute Gasteiger partial charge is 0.148 e. The van der Waals surface area contributed by atoms with Gasteiger partial charge >= 0.3 is 0 Å². The van der Waals surface area contributed by atoms with Crippen molar-refractivity contribution in [1.29, 1.82) is 0 Å². The lowest BCUT2D eigenvalue weighted by molar-refractivity contribution is 0.0593. The van der Waals surface area contributed by atoms with Crippen LogP contribution in [0.25, 0.3) is 0 Å². The van der Waals surface area contributed by atoms with E-state index >= 15 is 0 Å². The van der Waals surface area contributed by atoms with Crippen LogP contribution in [-0.4, -0.2) is 24.2 Å². The van der Waals surface area contributed by atoms with E-state index < -0.39 is 30.8 Å². The molecule has 0 aliphatic carbocycles. The number of nitrogens with two attached hydrogens (primary N) is 1. The Balaban J connectivity index is 2.97. The van der Waals surface area contributed by atoms with Gasteiger partial charge in [0.25, 0.3) is 0 Å². The van der Waals surface area contributed by atoms with E-state index in [0.717, 1.165) is 6.07 Å². The number of benzene rings is 1. The topological polar surface area (TPSA) is 46.2 Å². The molecule has 0 spiro atoms. The second-order valence-electron chi connectivity index (χ2n) is 3.22. The second-order valence-corrected chi connectivity index (χ2v) is 3.22. The van der Waals surface area contributed by atoms with Gasteiger partial charge in [-0.25, -0.2) is 8.78 Å². The van der Waals surface area contributed by atoms with Crippen LogP contribution in [0.1, 0.15) is 11.5 Å².